The first kappa shape index (κ1) is 9.68. The van der Waals surface area contributed by atoms with Gasteiger partial charge in [-0.1, -0.05) is 0 Å². The van der Waals surface area contributed by atoms with Crippen molar-refractivity contribution in [3.63, 3.8) is 0 Å². The van der Waals surface area contributed by atoms with Crippen LogP contribution < -0.4 is 5.73 Å². The predicted octanol–water partition coefficient (Wildman–Crippen LogP) is 0.516. The Bertz CT molecular complexity index is 294. The second kappa shape index (κ2) is 4.11. The lowest BCUT2D eigenvalue weighted by Gasteiger charge is -2.23. The summed E-state index contributed by atoms with van der Waals surface area (Å²) in [4.78, 5) is 2.46. The van der Waals surface area contributed by atoms with Gasteiger partial charge in [0.1, 0.15) is 0 Å². The minimum absolute atomic E-state index is 0.533. The molecule has 1 fully saturated rings. The molecule has 0 saturated carbocycles. The van der Waals surface area contributed by atoms with E-state index in [1.807, 2.05) is 17.9 Å². The van der Waals surface area contributed by atoms with Gasteiger partial charge in [-0.2, -0.15) is 5.10 Å². The van der Waals surface area contributed by atoms with Crippen LogP contribution in [-0.2, 0) is 7.05 Å². The number of nitrogens with two attached hydrogens (primary N) is 1. The van der Waals surface area contributed by atoms with Crippen molar-refractivity contribution in [1.82, 2.24) is 14.7 Å². The van der Waals surface area contributed by atoms with Crippen LogP contribution in [0, 0.1) is 0 Å². The summed E-state index contributed by atoms with van der Waals surface area (Å²) in [7, 11) is 2.01. The van der Waals surface area contributed by atoms with Crippen molar-refractivity contribution < 1.29 is 0 Å². The topological polar surface area (TPSA) is 47.1 Å². The fourth-order valence-electron chi connectivity index (χ4n) is 2.31. The van der Waals surface area contributed by atoms with Gasteiger partial charge in [0.15, 0.2) is 0 Å². The van der Waals surface area contributed by atoms with Crippen molar-refractivity contribution in [3.05, 3.63) is 18.0 Å². The Morgan fingerprint density at radius 3 is 3.14 bits per heavy atom. The molecule has 4 heteroatoms. The SMILES string of the molecule is Cn1nccc1C1CCCN1CCN. The minimum Gasteiger partial charge on any atom is -0.329 e. The van der Waals surface area contributed by atoms with Crippen molar-refractivity contribution in [1.29, 1.82) is 0 Å². The molecule has 2 heterocycles. The first-order chi connectivity index (χ1) is 6.83. The largest absolute Gasteiger partial charge is 0.329 e. The molecule has 1 aliphatic rings. The normalized spacial score (nSPS) is 23.1. The number of likely N-dealkylation sites (tertiary alicyclic amines) is 1. The number of rotatable bonds is 3. The molecule has 1 atom stereocenters. The Morgan fingerprint density at radius 2 is 2.50 bits per heavy atom. The quantitative estimate of drug-likeness (QED) is 0.763. The zero-order valence-electron chi connectivity index (χ0n) is 8.69. The fraction of sp³-hybridized carbons (Fsp3) is 0.700. The molecule has 1 unspecified atom stereocenters. The highest BCUT2D eigenvalue weighted by Crippen LogP contribution is 2.30. The number of aromatic nitrogens is 2. The zero-order valence-corrected chi connectivity index (χ0v) is 8.69. The van der Waals surface area contributed by atoms with E-state index in [9.17, 15) is 0 Å². The van der Waals surface area contributed by atoms with Crippen molar-refractivity contribution in [2.45, 2.75) is 18.9 Å². The molecule has 0 aliphatic carbocycles. The molecule has 0 radical (unpaired) electrons. The molecule has 0 spiro atoms. The molecule has 1 saturated heterocycles. The fourth-order valence-corrected chi connectivity index (χ4v) is 2.31. The van der Waals surface area contributed by atoms with E-state index in [1.165, 1.54) is 25.1 Å². The van der Waals surface area contributed by atoms with Crippen molar-refractivity contribution >= 4 is 0 Å². The molecule has 1 aromatic rings. The van der Waals surface area contributed by atoms with Gasteiger partial charge in [-0.05, 0) is 25.5 Å². The van der Waals surface area contributed by atoms with Crippen molar-refractivity contribution in [2.75, 3.05) is 19.6 Å². The highest BCUT2D eigenvalue weighted by atomic mass is 15.3. The molecule has 2 rings (SSSR count). The molecule has 1 aliphatic heterocycles. The molecule has 2 N–H and O–H groups in total. The molecular formula is C10H18N4. The maximum absolute atomic E-state index is 5.60. The second-order valence-electron chi connectivity index (χ2n) is 3.86. The molecule has 0 bridgehead atoms. The van der Waals surface area contributed by atoms with E-state index in [1.54, 1.807) is 0 Å². The standard InChI is InChI=1S/C10H18N4/c1-13-9(4-6-12-13)10-3-2-7-14(10)8-5-11/h4,6,10H,2-3,5,7-8,11H2,1H3. The van der Waals surface area contributed by atoms with Crippen molar-refractivity contribution in [3.8, 4) is 0 Å². The molecule has 0 amide bonds. The Hall–Kier alpha value is -0.870. The highest BCUT2D eigenvalue weighted by Gasteiger charge is 2.26. The first-order valence-electron chi connectivity index (χ1n) is 5.25. The van der Waals surface area contributed by atoms with E-state index in [0.29, 0.717) is 6.04 Å². The molecule has 14 heavy (non-hydrogen) atoms. The van der Waals surface area contributed by atoms with Crippen LogP contribution in [-0.4, -0.2) is 34.3 Å². The van der Waals surface area contributed by atoms with E-state index < -0.39 is 0 Å². The Labute approximate surface area is 84.7 Å². The van der Waals surface area contributed by atoms with Gasteiger partial charge in [0, 0.05) is 26.3 Å². The Morgan fingerprint density at radius 1 is 1.64 bits per heavy atom. The maximum atomic E-state index is 5.60. The summed E-state index contributed by atoms with van der Waals surface area (Å²) in [6, 6.07) is 2.64. The van der Waals surface area contributed by atoms with Crippen LogP contribution in [0.3, 0.4) is 0 Å². The summed E-state index contributed by atoms with van der Waals surface area (Å²) in [6.45, 7) is 2.91. The lowest BCUT2D eigenvalue weighted by molar-refractivity contribution is 0.255. The second-order valence-corrected chi connectivity index (χ2v) is 3.86. The molecule has 78 valence electrons. The number of hydrogen-bond acceptors (Lipinski definition) is 3. The van der Waals surface area contributed by atoms with Gasteiger partial charge in [-0.3, -0.25) is 9.58 Å². The minimum atomic E-state index is 0.533. The lowest BCUT2D eigenvalue weighted by Crippen LogP contribution is -2.30. The average Bonchev–Trinajstić information content (AvgIpc) is 2.74. The number of hydrogen-bond donors (Lipinski definition) is 1. The third kappa shape index (κ3) is 1.67. The third-order valence-electron chi connectivity index (χ3n) is 2.98. The van der Waals surface area contributed by atoms with Crippen LogP contribution >= 0.6 is 0 Å². The molecule has 4 nitrogen and oxygen atoms in total. The number of aryl methyl sites for hydroxylation is 1. The van der Waals surface area contributed by atoms with E-state index in [-0.39, 0.29) is 0 Å². The smallest absolute Gasteiger partial charge is 0.0552 e. The maximum Gasteiger partial charge on any atom is 0.0552 e. The summed E-state index contributed by atoms with van der Waals surface area (Å²) in [5.74, 6) is 0. The van der Waals surface area contributed by atoms with Gasteiger partial charge in [-0.15, -0.1) is 0 Å². The first-order valence-corrected chi connectivity index (χ1v) is 5.25. The van der Waals surface area contributed by atoms with E-state index in [2.05, 4.69) is 16.1 Å². The van der Waals surface area contributed by atoms with Crippen LogP contribution in [0.1, 0.15) is 24.6 Å². The average molecular weight is 194 g/mol. The van der Waals surface area contributed by atoms with Crippen molar-refractivity contribution in [2.24, 2.45) is 12.8 Å². The van der Waals surface area contributed by atoms with Gasteiger partial charge in [0.05, 0.1) is 11.7 Å². The van der Waals surface area contributed by atoms with Gasteiger partial charge >= 0.3 is 0 Å². The third-order valence-corrected chi connectivity index (χ3v) is 2.98. The number of nitrogens with zero attached hydrogens (tertiary/aromatic N) is 3. The Kier molecular flexibility index (Phi) is 2.84. The van der Waals surface area contributed by atoms with Crippen LogP contribution in [0.15, 0.2) is 12.3 Å². The van der Waals surface area contributed by atoms with Crippen LogP contribution in [0.4, 0.5) is 0 Å². The highest BCUT2D eigenvalue weighted by molar-refractivity contribution is 5.08. The van der Waals surface area contributed by atoms with Gasteiger partial charge in [0.2, 0.25) is 0 Å². The summed E-state index contributed by atoms with van der Waals surface area (Å²) in [5.41, 5.74) is 6.91. The lowest BCUT2D eigenvalue weighted by atomic mass is 10.1. The van der Waals surface area contributed by atoms with E-state index >= 15 is 0 Å². The van der Waals surface area contributed by atoms with E-state index in [4.69, 9.17) is 5.73 Å². The summed E-state index contributed by atoms with van der Waals surface area (Å²) < 4.78 is 1.97. The molecule has 1 aromatic heterocycles. The van der Waals surface area contributed by atoms with Crippen LogP contribution in [0.2, 0.25) is 0 Å². The van der Waals surface area contributed by atoms with Crippen LogP contribution in [0.5, 0.6) is 0 Å². The Balaban J connectivity index is 2.13. The van der Waals surface area contributed by atoms with Crippen LogP contribution in [0.25, 0.3) is 0 Å². The van der Waals surface area contributed by atoms with E-state index in [0.717, 1.165) is 13.1 Å². The summed E-state index contributed by atoms with van der Waals surface area (Å²) >= 11 is 0. The molecule has 0 aromatic carbocycles. The monoisotopic (exact) mass is 194 g/mol. The van der Waals surface area contributed by atoms with Gasteiger partial charge in [0.25, 0.3) is 0 Å². The summed E-state index contributed by atoms with van der Waals surface area (Å²) in [5, 5.41) is 4.21. The molecular weight excluding hydrogens is 176 g/mol. The predicted molar refractivity (Wildman–Crippen MR) is 55.8 cm³/mol. The summed E-state index contributed by atoms with van der Waals surface area (Å²) in [6.07, 6.45) is 4.38. The zero-order chi connectivity index (χ0) is 9.97. The van der Waals surface area contributed by atoms with Gasteiger partial charge in [-0.25, -0.2) is 0 Å². The van der Waals surface area contributed by atoms with Gasteiger partial charge < -0.3 is 5.73 Å².